The monoisotopic (exact) mass is 201 g/mol. The average Bonchev–Trinajstić information content (AvgIpc) is 1.91. The molecule has 0 aromatic heterocycles. The van der Waals surface area contributed by atoms with Crippen molar-refractivity contribution in [3.05, 3.63) is 0 Å². The number of aliphatic carboxylic acids is 1. The molecule has 0 unspecified atom stereocenters. The summed E-state index contributed by atoms with van der Waals surface area (Å²) in [6, 6.07) is 0. The van der Waals surface area contributed by atoms with Gasteiger partial charge in [0, 0.05) is 0 Å². The number of hydrogen-bond acceptors (Lipinski definition) is 3. The van der Waals surface area contributed by atoms with E-state index in [4.69, 9.17) is 5.11 Å². The molecule has 0 heterocycles. The SMILES string of the molecule is CC.CN(CC[O-])CC(=O)O.[K+]. The van der Waals surface area contributed by atoms with Crippen molar-refractivity contribution in [1.82, 2.24) is 4.90 Å². The van der Waals surface area contributed by atoms with Crippen molar-refractivity contribution in [3.8, 4) is 0 Å². The van der Waals surface area contributed by atoms with E-state index in [1.165, 1.54) is 4.90 Å². The van der Waals surface area contributed by atoms with Crippen LogP contribution in [0.25, 0.3) is 0 Å². The molecule has 0 saturated heterocycles. The molecule has 68 valence electrons. The van der Waals surface area contributed by atoms with Gasteiger partial charge in [0.15, 0.2) is 0 Å². The first-order valence-corrected chi connectivity index (χ1v) is 3.65. The van der Waals surface area contributed by atoms with E-state index < -0.39 is 5.97 Å². The summed E-state index contributed by atoms with van der Waals surface area (Å²) >= 11 is 0. The maximum Gasteiger partial charge on any atom is 1.00 e. The van der Waals surface area contributed by atoms with Gasteiger partial charge < -0.3 is 10.2 Å². The van der Waals surface area contributed by atoms with E-state index in [2.05, 4.69) is 0 Å². The van der Waals surface area contributed by atoms with Crippen molar-refractivity contribution in [3.63, 3.8) is 0 Å². The summed E-state index contributed by atoms with van der Waals surface area (Å²) in [5.74, 6) is -0.897. The van der Waals surface area contributed by atoms with Gasteiger partial charge in [-0.05, 0) is 13.6 Å². The van der Waals surface area contributed by atoms with Crippen molar-refractivity contribution in [2.24, 2.45) is 0 Å². The Morgan fingerprint density at radius 2 is 1.92 bits per heavy atom. The normalized spacial score (nSPS) is 8.08. The fraction of sp³-hybridized carbons (Fsp3) is 0.857. The molecule has 4 nitrogen and oxygen atoms in total. The zero-order chi connectivity index (χ0) is 9.28. The number of hydrogen-bond donors (Lipinski definition) is 1. The average molecular weight is 201 g/mol. The van der Waals surface area contributed by atoms with Gasteiger partial charge in [0.1, 0.15) is 0 Å². The fourth-order valence-corrected chi connectivity index (χ4v) is 0.466. The maximum atomic E-state index is 9.94. The van der Waals surface area contributed by atoms with Crippen LogP contribution in [0.4, 0.5) is 0 Å². The Kier molecular flexibility index (Phi) is 22.7. The fourth-order valence-electron chi connectivity index (χ4n) is 0.466. The van der Waals surface area contributed by atoms with E-state index in [1.54, 1.807) is 7.05 Å². The van der Waals surface area contributed by atoms with Crippen LogP contribution in [0, 0.1) is 0 Å². The van der Waals surface area contributed by atoms with Crippen molar-refractivity contribution in [1.29, 1.82) is 0 Å². The summed E-state index contributed by atoms with van der Waals surface area (Å²) in [5.41, 5.74) is 0. The molecule has 0 amide bonds. The van der Waals surface area contributed by atoms with E-state index in [0.717, 1.165) is 0 Å². The largest absolute Gasteiger partial charge is 1.00 e. The van der Waals surface area contributed by atoms with Crippen molar-refractivity contribution in [2.75, 3.05) is 26.7 Å². The minimum absolute atomic E-state index is 0. The first kappa shape index (κ1) is 18.7. The molecule has 0 aromatic rings. The molecule has 0 spiro atoms. The topological polar surface area (TPSA) is 63.6 Å². The Labute approximate surface area is 116 Å². The van der Waals surface area contributed by atoms with Crippen LogP contribution in [-0.2, 0) is 4.79 Å². The molecule has 1 N–H and O–H groups in total. The van der Waals surface area contributed by atoms with Gasteiger partial charge in [-0.3, -0.25) is 9.69 Å². The van der Waals surface area contributed by atoms with Gasteiger partial charge in [-0.25, -0.2) is 0 Å². The van der Waals surface area contributed by atoms with Crippen molar-refractivity contribution in [2.45, 2.75) is 13.8 Å². The minimum atomic E-state index is -0.897. The predicted molar refractivity (Wildman–Crippen MR) is 41.3 cm³/mol. The quantitative estimate of drug-likeness (QED) is 0.477. The molecule has 0 atom stereocenters. The Balaban J connectivity index is -0.000000249. The van der Waals surface area contributed by atoms with E-state index in [9.17, 15) is 9.90 Å². The molecule has 0 saturated carbocycles. The van der Waals surface area contributed by atoms with E-state index >= 15 is 0 Å². The van der Waals surface area contributed by atoms with Crippen LogP contribution in [0.1, 0.15) is 13.8 Å². The Bertz CT molecular complexity index is 101. The Hall–Kier alpha value is 1.03. The maximum absolute atomic E-state index is 9.94. The van der Waals surface area contributed by atoms with Crippen LogP contribution in [0.5, 0.6) is 0 Å². The standard InChI is InChI=1S/C5H10NO3.C2H6.K/c1-6(2-3-7)4-5(8)9;1-2;/h2-4H2,1H3,(H,8,9);1-2H3;/q-1;;+1. The van der Waals surface area contributed by atoms with Gasteiger partial charge in [0.2, 0.25) is 0 Å². The van der Waals surface area contributed by atoms with E-state index in [0.29, 0.717) is 6.54 Å². The summed E-state index contributed by atoms with van der Waals surface area (Å²) in [6.45, 7) is 4.00. The van der Waals surface area contributed by atoms with Crippen LogP contribution in [0.2, 0.25) is 0 Å². The molecule has 0 bridgehead atoms. The predicted octanol–water partition coefficient (Wildman–Crippen LogP) is -3.61. The second-order valence-electron chi connectivity index (χ2n) is 1.84. The van der Waals surface area contributed by atoms with Gasteiger partial charge in [-0.15, -0.1) is 6.61 Å². The molecule has 0 aliphatic carbocycles. The van der Waals surface area contributed by atoms with Crippen molar-refractivity contribution < 1.29 is 66.4 Å². The molecule has 0 fully saturated rings. The number of nitrogens with zero attached hydrogens (tertiary/aromatic N) is 1. The van der Waals surface area contributed by atoms with Crippen LogP contribution in [-0.4, -0.2) is 42.7 Å². The molecule has 0 radical (unpaired) electrons. The first-order valence-electron chi connectivity index (χ1n) is 3.65. The van der Waals surface area contributed by atoms with Crippen LogP contribution in [0.15, 0.2) is 0 Å². The third-order valence-electron chi connectivity index (χ3n) is 0.878. The molecular weight excluding hydrogens is 185 g/mol. The van der Waals surface area contributed by atoms with Gasteiger partial charge >= 0.3 is 57.4 Å². The van der Waals surface area contributed by atoms with Gasteiger partial charge in [-0.1, -0.05) is 13.8 Å². The van der Waals surface area contributed by atoms with Crippen molar-refractivity contribution >= 4 is 5.97 Å². The Morgan fingerprint density at radius 1 is 1.50 bits per heavy atom. The number of likely N-dealkylation sites (N-methyl/N-ethyl adjacent to an activating group) is 1. The summed E-state index contributed by atoms with van der Waals surface area (Å²) in [4.78, 5) is 11.4. The smallest absolute Gasteiger partial charge is 0.854 e. The number of carboxylic acid groups (broad SMARTS) is 1. The summed E-state index contributed by atoms with van der Waals surface area (Å²) < 4.78 is 0. The zero-order valence-corrected chi connectivity index (χ0v) is 11.5. The van der Waals surface area contributed by atoms with Crippen LogP contribution < -0.4 is 56.5 Å². The third kappa shape index (κ3) is 17.2. The first-order chi connectivity index (χ1) is 5.16. The zero-order valence-electron chi connectivity index (χ0n) is 8.33. The van der Waals surface area contributed by atoms with Gasteiger partial charge in [0.05, 0.1) is 6.54 Å². The summed E-state index contributed by atoms with van der Waals surface area (Å²) in [5, 5.41) is 18.1. The minimum Gasteiger partial charge on any atom is -0.854 e. The number of rotatable bonds is 4. The molecule has 12 heavy (non-hydrogen) atoms. The second-order valence-corrected chi connectivity index (χ2v) is 1.84. The molecular formula is C7H16KNO3. The van der Waals surface area contributed by atoms with Gasteiger partial charge in [0.25, 0.3) is 0 Å². The summed E-state index contributed by atoms with van der Waals surface area (Å²) in [7, 11) is 1.60. The molecule has 5 heteroatoms. The van der Waals surface area contributed by atoms with Crippen LogP contribution >= 0.6 is 0 Å². The molecule has 0 rings (SSSR count). The number of carboxylic acids is 1. The van der Waals surface area contributed by atoms with Crippen LogP contribution in [0.3, 0.4) is 0 Å². The second kappa shape index (κ2) is 14.5. The number of carbonyl (C=O) groups is 1. The third-order valence-corrected chi connectivity index (χ3v) is 0.878. The van der Waals surface area contributed by atoms with E-state index in [-0.39, 0.29) is 64.5 Å². The Morgan fingerprint density at radius 3 is 2.17 bits per heavy atom. The molecule has 0 aliphatic rings. The van der Waals surface area contributed by atoms with E-state index in [1.807, 2.05) is 13.8 Å². The van der Waals surface area contributed by atoms with Gasteiger partial charge in [-0.2, -0.15) is 0 Å². The molecule has 0 aliphatic heterocycles. The summed E-state index contributed by atoms with van der Waals surface area (Å²) in [6.07, 6.45) is 0. The molecule has 0 aromatic carbocycles.